The Labute approximate surface area is 240 Å². The molecule has 0 aliphatic rings. The predicted molar refractivity (Wildman–Crippen MR) is 158 cm³/mol. The van der Waals surface area contributed by atoms with E-state index in [1.807, 2.05) is 37.3 Å². The molecule has 3 rings (SSSR count). The van der Waals surface area contributed by atoms with Crippen LogP contribution in [0.25, 0.3) is 0 Å². The summed E-state index contributed by atoms with van der Waals surface area (Å²) in [5.41, 5.74) is 19.6. The number of aromatic nitrogens is 1. The molecule has 41 heavy (non-hydrogen) atoms. The van der Waals surface area contributed by atoms with Crippen LogP contribution in [0.5, 0.6) is 11.5 Å². The molecule has 11 nitrogen and oxygen atoms in total. The average Bonchev–Trinajstić information content (AvgIpc) is 2.97. The van der Waals surface area contributed by atoms with Crippen LogP contribution in [-0.2, 0) is 20.8 Å². The first-order valence-electron chi connectivity index (χ1n) is 13.6. The summed E-state index contributed by atoms with van der Waals surface area (Å²) >= 11 is 0. The van der Waals surface area contributed by atoms with E-state index in [2.05, 4.69) is 15.6 Å². The van der Waals surface area contributed by atoms with Gasteiger partial charge in [0, 0.05) is 38.1 Å². The van der Waals surface area contributed by atoms with Crippen LogP contribution >= 0.6 is 0 Å². The highest BCUT2D eigenvalue weighted by atomic mass is 16.5. The Morgan fingerprint density at radius 1 is 0.976 bits per heavy atom. The first kappa shape index (κ1) is 31.2. The maximum absolute atomic E-state index is 13.4. The molecule has 2 aromatic carbocycles. The highest BCUT2D eigenvalue weighted by Crippen LogP contribution is 2.27. The summed E-state index contributed by atoms with van der Waals surface area (Å²) in [7, 11) is 0. The van der Waals surface area contributed by atoms with Crippen molar-refractivity contribution in [2.75, 3.05) is 31.5 Å². The van der Waals surface area contributed by atoms with Crippen LogP contribution in [0.4, 0.5) is 5.69 Å². The Morgan fingerprint density at radius 3 is 2.34 bits per heavy atom. The van der Waals surface area contributed by atoms with Gasteiger partial charge in [0.25, 0.3) is 0 Å². The van der Waals surface area contributed by atoms with Gasteiger partial charge in [0.15, 0.2) is 0 Å². The van der Waals surface area contributed by atoms with Gasteiger partial charge >= 0.3 is 0 Å². The molecule has 0 spiro atoms. The second-order valence-corrected chi connectivity index (χ2v) is 9.61. The Kier molecular flexibility index (Phi) is 12.2. The topological polar surface area (TPSA) is 179 Å². The summed E-state index contributed by atoms with van der Waals surface area (Å²) in [6, 6.07) is 16.5. The van der Waals surface area contributed by atoms with Gasteiger partial charge < -0.3 is 37.5 Å². The minimum absolute atomic E-state index is 0.226. The molecule has 1 aromatic heterocycles. The van der Waals surface area contributed by atoms with Gasteiger partial charge in [0.2, 0.25) is 17.7 Å². The number of hydrogen-bond donors (Lipinski definition) is 5. The molecule has 11 heteroatoms. The summed E-state index contributed by atoms with van der Waals surface area (Å²) < 4.78 is 5.87. The molecule has 3 aromatic rings. The number of benzene rings is 2. The van der Waals surface area contributed by atoms with Crippen molar-refractivity contribution >= 4 is 23.4 Å². The van der Waals surface area contributed by atoms with Crippen LogP contribution in [0.1, 0.15) is 24.0 Å². The Hall–Kier alpha value is -4.32. The fourth-order valence-corrected chi connectivity index (χ4v) is 4.19. The van der Waals surface area contributed by atoms with E-state index in [1.165, 1.54) is 4.90 Å². The molecule has 218 valence electrons. The zero-order chi connectivity index (χ0) is 29.6. The molecule has 0 unspecified atom stereocenters. The number of hydrogen-bond acceptors (Lipinski definition) is 8. The van der Waals surface area contributed by atoms with Crippen LogP contribution in [-0.4, -0.2) is 65.9 Å². The molecule has 0 saturated heterocycles. The minimum Gasteiger partial charge on any atom is -0.455 e. The number of carbonyl (C=O) groups is 3. The second kappa shape index (κ2) is 16.1. The zero-order valence-corrected chi connectivity index (χ0v) is 23.3. The minimum atomic E-state index is -1.14. The SMILES string of the molecule is Cc1cc(NC(=O)[C@H](CCc2ccccc2)NC(=O)[C@@H](N)CC(=O)N(CCN)CCN)ccc1Oc1cccnc1. The summed E-state index contributed by atoms with van der Waals surface area (Å²) in [4.78, 5) is 44.6. The number of nitrogens with zero attached hydrogens (tertiary/aromatic N) is 2. The van der Waals surface area contributed by atoms with Crippen LogP contribution in [0.15, 0.2) is 73.1 Å². The van der Waals surface area contributed by atoms with Crippen LogP contribution < -0.4 is 32.6 Å². The van der Waals surface area contributed by atoms with Gasteiger partial charge in [-0.05, 0) is 61.2 Å². The number of rotatable bonds is 15. The number of ether oxygens (including phenoxy) is 1. The van der Waals surface area contributed by atoms with E-state index in [0.29, 0.717) is 43.1 Å². The fourth-order valence-electron chi connectivity index (χ4n) is 4.19. The van der Waals surface area contributed by atoms with E-state index in [4.69, 9.17) is 21.9 Å². The molecule has 2 atom stereocenters. The van der Waals surface area contributed by atoms with Gasteiger partial charge in [-0.25, -0.2) is 0 Å². The van der Waals surface area contributed by atoms with Crippen molar-refractivity contribution < 1.29 is 19.1 Å². The largest absolute Gasteiger partial charge is 0.455 e. The van der Waals surface area contributed by atoms with Gasteiger partial charge in [-0.2, -0.15) is 0 Å². The highest BCUT2D eigenvalue weighted by Gasteiger charge is 2.26. The lowest BCUT2D eigenvalue weighted by Crippen LogP contribution is -2.52. The maximum atomic E-state index is 13.4. The monoisotopic (exact) mass is 561 g/mol. The lowest BCUT2D eigenvalue weighted by atomic mass is 10.0. The van der Waals surface area contributed by atoms with Crippen LogP contribution in [0, 0.1) is 6.92 Å². The number of carbonyl (C=O) groups excluding carboxylic acids is 3. The molecule has 0 radical (unpaired) electrons. The summed E-state index contributed by atoms with van der Waals surface area (Å²) in [5, 5.41) is 5.63. The fraction of sp³-hybridized carbons (Fsp3) is 0.333. The van der Waals surface area contributed by atoms with Crippen molar-refractivity contribution in [1.29, 1.82) is 0 Å². The number of nitrogens with one attached hydrogen (secondary N) is 2. The smallest absolute Gasteiger partial charge is 0.246 e. The average molecular weight is 562 g/mol. The quantitative estimate of drug-likeness (QED) is 0.186. The molecule has 0 aliphatic heterocycles. The number of nitrogens with two attached hydrogens (primary N) is 3. The number of pyridine rings is 1. The standard InChI is InChI=1S/C30H39N7O4/c1-21-18-23(10-12-27(21)41-24-8-5-15-34-20-24)35-30(40)26(11-9-22-6-3-2-4-7-22)36-29(39)25(33)19-28(38)37(16-13-31)17-14-32/h2-8,10,12,15,18,20,25-26H,9,11,13-14,16-17,19,31-33H2,1H3,(H,35,40)(H,36,39)/t25-,26-/m0/s1. The van der Waals surface area contributed by atoms with E-state index in [1.54, 1.807) is 42.7 Å². The third kappa shape index (κ3) is 9.98. The van der Waals surface area contributed by atoms with Crippen molar-refractivity contribution in [3.05, 3.63) is 84.2 Å². The number of amides is 3. The molecule has 3 amide bonds. The second-order valence-electron chi connectivity index (χ2n) is 9.61. The van der Waals surface area contributed by atoms with Crippen molar-refractivity contribution in [2.24, 2.45) is 17.2 Å². The normalized spacial score (nSPS) is 12.2. The summed E-state index contributed by atoms with van der Waals surface area (Å²) in [6.07, 6.45) is 3.92. The van der Waals surface area contributed by atoms with Crippen LogP contribution in [0.3, 0.4) is 0 Å². The van der Waals surface area contributed by atoms with Crippen molar-refractivity contribution in [1.82, 2.24) is 15.2 Å². The van der Waals surface area contributed by atoms with Crippen LogP contribution in [0.2, 0.25) is 0 Å². The van der Waals surface area contributed by atoms with Crippen molar-refractivity contribution in [3.8, 4) is 11.5 Å². The molecule has 0 aliphatic carbocycles. The Morgan fingerprint density at radius 2 is 1.71 bits per heavy atom. The molecular weight excluding hydrogens is 522 g/mol. The molecule has 0 fully saturated rings. The van der Waals surface area contributed by atoms with Gasteiger partial charge in [0.05, 0.1) is 18.7 Å². The molecular formula is C30H39N7O4. The Balaban J connectivity index is 1.68. The molecule has 0 bridgehead atoms. The van der Waals surface area contributed by atoms with Gasteiger partial charge in [-0.15, -0.1) is 0 Å². The molecule has 1 heterocycles. The summed E-state index contributed by atoms with van der Waals surface area (Å²) in [6.45, 7) is 3.04. The van der Waals surface area contributed by atoms with E-state index in [0.717, 1.165) is 11.1 Å². The predicted octanol–water partition coefficient (Wildman–Crippen LogP) is 1.70. The van der Waals surface area contributed by atoms with E-state index >= 15 is 0 Å². The zero-order valence-electron chi connectivity index (χ0n) is 23.3. The summed E-state index contributed by atoms with van der Waals surface area (Å²) in [5.74, 6) is -0.0960. The lowest BCUT2D eigenvalue weighted by Gasteiger charge is -2.24. The van der Waals surface area contributed by atoms with Gasteiger partial charge in [0.1, 0.15) is 17.5 Å². The number of anilines is 1. The van der Waals surface area contributed by atoms with Crippen molar-refractivity contribution in [3.63, 3.8) is 0 Å². The molecule has 8 N–H and O–H groups in total. The first-order chi connectivity index (χ1) is 19.8. The van der Waals surface area contributed by atoms with Gasteiger partial charge in [-0.1, -0.05) is 30.3 Å². The van der Waals surface area contributed by atoms with E-state index in [9.17, 15) is 14.4 Å². The van der Waals surface area contributed by atoms with Gasteiger partial charge in [-0.3, -0.25) is 19.4 Å². The molecule has 0 saturated carbocycles. The first-order valence-corrected chi connectivity index (χ1v) is 13.6. The van der Waals surface area contributed by atoms with Crippen molar-refractivity contribution in [2.45, 2.75) is 38.3 Å². The number of aryl methyl sites for hydroxylation is 2. The maximum Gasteiger partial charge on any atom is 0.246 e. The highest BCUT2D eigenvalue weighted by molar-refractivity contribution is 5.98. The third-order valence-corrected chi connectivity index (χ3v) is 6.38. The van der Waals surface area contributed by atoms with E-state index < -0.39 is 23.9 Å². The van der Waals surface area contributed by atoms with E-state index in [-0.39, 0.29) is 25.4 Å². The lowest BCUT2D eigenvalue weighted by molar-refractivity contribution is -0.134. The third-order valence-electron chi connectivity index (χ3n) is 6.38. The Bertz CT molecular complexity index is 1270.